The van der Waals surface area contributed by atoms with E-state index in [2.05, 4.69) is 4.98 Å². The van der Waals surface area contributed by atoms with E-state index in [9.17, 15) is 4.79 Å². The average molecular weight is 232 g/mol. The molecule has 0 aliphatic heterocycles. The highest BCUT2D eigenvalue weighted by molar-refractivity contribution is 6.02. The number of hydrogen-bond donors (Lipinski definition) is 3. The predicted molar refractivity (Wildman–Crippen MR) is 69.0 cm³/mol. The SMILES string of the molecule is Cc1cc2c(N(CCN)C(N)=O)cccc2[nH]1. The molecule has 2 aromatic rings. The highest BCUT2D eigenvalue weighted by Gasteiger charge is 2.14. The minimum Gasteiger partial charge on any atom is -0.359 e. The number of rotatable bonds is 3. The minimum atomic E-state index is -0.484. The van der Waals surface area contributed by atoms with Gasteiger partial charge in [-0.15, -0.1) is 0 Å². The smallest absolute Gasteiger partial charge is 0.319 e. The van der Waals surface area contributed by atoms with Gasteiger partial charge in [0.15, 0.2) is 0 Å². The number of benzene rings is 1. The van der Waals surface area contributed by atoms with Crippen LogP contribution >= 0.6 is 0 Å². The van der Waals surface area contributed by atoms with Crippen LogP contribution in [0.15, 0.2) is 24.3 Å². The number of urea groups is 1. The van der Waals surface area contributed by atoms with E-state index in [1.165, 1.54) is 4.90 Å². The van der Waals surface area contributed by atoms with Gasteiger partial charge in [-0.05, 0) is 25.1 Å². The van der Waals surface area contributed by atoms with Crippen LogP contribution < -0.4 is 16.4 Å². The van der Waals surface area contributed by atoms with E-state index >= 15 is 0 Å². The maximum Gasteiger partial charge on any atom is 0.319 e. The molecule has 0 unspecified atom stereocenters. The first-order valence-corrected chi connectivity index (χ1v) is 5.49. The van der Waals surface area contributed by atoms with E-state index in [1.807, 2.05) is 31.2 Å². The molecule has 5 heteroatoms. The summed E-state index contributed by atoms with van der Waals surface area (Å²) in [7, 11) is 0. The number of anilines is 1. The van der Waals surface area contributed by atoms with Crippen LogP contribution in [0.5, 0.6) is 0 Å². The Hall–Kier alpha value is -2.01. The molecule has 2 amide bonds. The number of fused-ring (bicyclic) bond motifs is 1. The van der Waals surface area contributed by atoms with Crippen LogP contribution in [0, 0.1) is 6.92 Å². The molecular formula is C12H16N4O. The number of carbonyl (C=O) groups is 1. The highest BCUT2D eigenvalue weighted by Crippen LogP contribution is 2.27. The van der Waals surface area contributed by atoms with E-state index < -0.39 is 6.03 Å². The molecule has 0 spiro atoms. The Morgan fingerprint density at radius 3 is 2.88 bits per heavy atom. The third-order valence-corrected chi connectivity index (χ3v) is 2.69. The van der Waals surface area contributed by atoms with Gasteiger partial charge >= 0.3 is 6.03 Å². The molecule has 0 fully saturated rings. The number of primary amides is 1. The van der Waals surface area contributed by atoms with E-state index in [0.717, 1.165) is 22.3 Å². The molecular weight excluding hydrogens is 216 g/mol. The highest BCUT2D eigenvalue weighted by atomic mass is 16.2. The van der Waals surface area contributed by atoms with Crippen LogP contribution in [0.2, 0.25) is 0 Å². The van der Waals surface area contributed by atoms with E-state index in [0.29, 0.717) is 13.1 Å². The number of aromatic amines is 1. The maximum atomic E-state index is 11.4. The molecule has 0 aliphatic rings. The Kier molecular flexibility index (Phi) is 3.01. The standard InChI is InChI=1S/C12H16N4O/c1-8-7-9-10(15-8)3-2-4-11(9)16(6-5-13)12(14)17/h2-4,7,15H,5-6,13H2,1H3,(H2,14,17). The zero-order valence-electron chi connectivity index (χ0n) is 9.73. The lowest BCUT2D eigenvalue weighted by atomic mass is 10.2. The van der Waals surface area contributed by atoms with Gasteiger partial charge in [0.25, 0.3) is 0 Å². The lowest BCUT2D eigenvalue weighted by Gasteiger charge is -2.20. The summed E-state index contributed by atoms with van der Waals surface area (Å²) in [6.45, 7) is 2.77. The summed E-state index contributed by atoms with van der Waals surface area (Å²) in [6, 6.07) is 7.24. The number of nitrogens with zero attached hydrogens (tertiary/aromatic N) is 1. The van der Waals surface area contributed by atoms with Gasteiger partial charge < -0.3 is 16.5 Å². The number of H-pyrrole nitrogens is 1. The molecule has 17 heavy (non-hydrogen) atoms. The minimum absolute atomic E-state index is 0.378. The maximum absolute atomic E-state index is 11.4. The largest absolute Gasteiger partial charge is 0.359 e. The van der Waals surface area contributed by atoms with E-state index in [4.69, 9.17) is 11.5 Å². The first-order chi connectivity index (χ1) is 8.13. The zero-order valence-corrected chi connectivity index (χ0v) is 9.73. The number of aromatic nitrogens is 1. The number of nitrogens with one attached hydrogen (secondary N) is 1. The molecule has 1 aromatic carbocycles. The van der Waals surface area contributed by atoms with Crippen molar-refractivity contribution in [2.24, 2.45) is 11.5 Å². The summed E-state index contributed by atoms with van der Waals surface area (Å²) in [5.41, 5.74) is 13.7. The second kappa shape index (κ2) is 4.47. The van der Waals surface area contributed by atoms with Gasteiger partial charge in [-0.1, -0.05) is 6.07 Å². The topological polar surface area (TPSA) is 88.1 Å². The Bertz CT molecular complexity index is 546. The zero-order chi connectivity index (χ0) is 12.4. The average Bonchev–Trinajstić information content (AvgIpc) is 2.65. The number of carbonyl (C=O) groups excluding carboxylic acids is 1. The molecule has 90 valence electrons. The third-order valence-electron chi connectivity index (χ3n) is 2.69. The molecule has 0 atom stereocenters. The van der Waals surface area contributed by atoms with Crippen molar-refractivity contribution in [2.45, 2.75) is 6.92 Å². The van der Waals surface area contributed by atoms with Crippen molar-refractivity contribution >= 4 is 22.6 Å². The van der Waals surface area contributed by atoms with Gasteiger partial charge in [-0.3, -0.25) is 4.90 Å². The third kappa shape index (κ3) is 2.09. The van der Waals surface area contributed by atoms with Crippen LogP contribution in [0.4, 0.5) is 10.5 Å². The van der Waals surface area contributed by atoms with Crippen molar-refractivity contribution < 1.29 is 4.79 Å². The predicted octanol–water partition coefficient (Wildman–Crippen LogP) is 1.32. The monoisotopic (exact) mass is 232 g/mol. The Labute approximate surface area is 99.4 Å². The van der Waals surface area contributed by atoms with Gasteiger partial charge in [-0.25, -0.2) is 4.79 Å². The first-order valence-electron chi connectivity index (χ1n) is 5.49. The van der Waals surface area contributed by atoms with Crippen molar-refractivity contribution in [2.75, 3.05) is 18.0 Å². The molecule has 0 bridgehead atoms. The lowest BCUT2D eigenvalue weighted by Crippen LogP contribution is -2.39. The summed E-state index contributed by atoms with van der Waals surface area (Å²) in [5.74, 6) is 0. The Morgan fingerprint density at radius 1 is 1.47 bits per heavy atom. The van der Waals surface area contributed by atoms with Crippen molar-refractivity contribution in [1.29, 1.82) is 0 Å². The molecule has 5 nitrogen and oxygen atoms in total. The van der Waals surface area contributed by atoms with Crippen molar-refractivity contribution in [3.05, 3.63) is 30.0 Å². The van der Waals surface area contributed by atoms with Gasteiger partial charge in [0.2, 0.25) is 0 Å². The molecule has 1 heterocycles. The van der Waals surface area contributed by atoms with Crippen LogP contribution in [-0.4, -0.2) is 24.1 Å². The van der Waals surface area contributed by atoms with Crippen LogP contribution in [0.25, 0.3) is 10.9 Å². The quantitative estimate of drug-likeness (QED) is 0.745. The lowest BCUT2D eigenvalue weighted by molar-refractivity contribution is 0.254. The first kappa shape index (κ1) is 11.5. The summed E-state index contributed by atoms with van der Waals surface area (Å²) in [6.07, 6.45) is 0. The summed E-state index contributed by atoms with van der Waals surface area (Å²) in [4.78, 5) is 16.1. The van der Waals surface area contributed by atoms with E-state index in [-0.39, 0.29) is 0 Å². The number of hydrogen-bond acceptors (Lipinski definition) is 2. The summed E-state index contributed by atoms with van der Waals surface area (Å²) in [5, 5.41) is 0.984. The Morgan fingerprint density at radius 2 is 2.24 bits per heavy atom. The molecule has 0 saturated carbocycles. The normalized spacial score (nSPS) is 10.7. The van der Waals surface area contributed by atoms with Crippen molar-refractivity contribution in [3.63, 3.8) is 0 Å². The summed E-state index contributed by atoms with van der Waals surface area (Å²) >= 11 is 0. The fourth-order valence-corrected chi connectivity index (χ4v) is 1.99. The molecule has 5 N–H and O–H groups in total. The molecule has 0 saturated heterocycles. The second-order valence-electron chi connectivity index (χ2n) is 3.97. The van der Waals surface area contributed by atoms with Crippen molar-refractivity contribution in [3.8, 4) is 0 Å². The van der Waals surface area contributed by atoms with Crippen LogP contribution in [0.3, 0.4) is 0 Å². The molecule has 2 rings (SSSR count). The second-order valence-corrected chi connectivity index (χ2v) is 3.97. The summed E-state index contributed by atoms with van der Waals surface area (Å²) < 4.78 is 0. The van der Waals surface area contributed by atoms with Gasteiger partial charge in [0.05, 0.1) is 5.69 Å². The van der Waals surface area contributed by atoms with Gasteiger partial charge in [0, 0.05) is 29.7 Å². The van der Waals surface area contributed by atoms with Crippen molar-refractivity contribution in [1.82, 2.24) is 4.98 Å². The number of amides is 2. The fourth-order valence-electron chi connectivity index (χ4n) is 1.99. The van der Waals surface area contributed by atoms with E-state index in [1.54, 1.807) is 0 Å². The molecule has 1 aromatic heterocycles. The molecule has 0 aliphatic carbocycles. The number of nitrogens with two attached hydrogens (primary N) is 2. The van der Waals surface area contributed by atoms with Crippen LogP contribution in [0.1, 0.15) is 5.69 Å². The fraction of sp³-hybridized carbons (Fsp3) is 0.250. The van der Waals surface area contributed by atoms with Crippen LogP contribution in [-0.2, 0) is 0 Å². The number of aryl methyl sites for hydroxylation is 1. The Balaban J connectivity index is 2.55. The molecule has 0 radical (unpaired) electrons. The van der Waals surface area contributed by atoms with Gasteiger partial charge in [0.1, 0.15) is 0 Å². The van der Waals surface area contributed by atoms with Gasteiger partial charge in [-0.2, -0.15) is 0 Å².